The van der Waals surface area contributed by atoms with Crippen LogP contribution in [-0.2, 0) is 4.79 Å². The van der Waals surface area contributed by atoms with Crippen LogP contribution in [0.4, 0.5) is 13.2 Å². The number of hydrogen-bond acceptors (Lipinski definition) is 2. The zero-order valence-corrected chi connectivity index (χ0v) is 10.7. The van der Waals surface area contributed by atoms with Crippen molar-refractivity contribution in [2.24, 2.45) is 11.8 Å². The molecule has 0 aromatic rings. The summed E-state index contributed by atoms with van der Waals surface area (Å²) in [5, 5.41) is 8.75. The van der Waals surface area contributed by atoms with Gasteiger partial charge in [0.25, 0.3) is 0 Å². The van der Waals surface area contributed by atoms with Crippen molar-refractivity contribution >= 4 is 5.97 Å². The van der Waals surface area contributed by atoms with Crippen LogP contribution in [0.15, 0.2) is 0 Å². The van der Waals surface area contributed by atoms with E-state index in [0.29, 0.717) is 12.3 Å². The summed E-state index contributed by atoms with van der Waals surface area (Å²) in [7, 11) is 0. The maximum absolute atomic E-state index is 12.5. The molecule has 6 heteroatoms. The van der Waals surface area contributed by atoms with E-state index in [2.05, 4.69) is 0 Å². The Kier molecular flexibility index (Phi) is 5.01. The van der Waals surface area contributed by atoms with E-state index in [-0.39, 0.29) is 12.0 Å². The van der Waals surface area contributed by atoms with Crippen LogP contribution in [0.25, 0.3) is 0 Å². The molecule has 106 valence electrons. The Balaban J connectivity index is 2.77. The number of rotatable bonds is 4. The molecule has 0 saturated heterocycles. The van der Waals surface area contributed by atoms with Crippen molar-refractivity contribution in [2.75, 3.05) is 13.1 Å². The summed E-state index contributed by atoms with van der Waals surface area (Å²) in [4.78, 5) is 11.8. The third-order valence-corrected chi connectivity index (χ3v) is 3.85. The third-order valence-electron chi connectivity index (χ3n) is 3.85. The minimum Gasteiger partial charge on any atom is -0.480 e. The van der Waals surface area contributed by atoms with E-state index in [1.54, 1.807) is 0 Å². The minimum absolute atomic E-state index is 0.0976. The standard InChI is InChI=1S/C12H20F3NO2/c1-8-4-3-5-10(9(8)2)16(6-11(17)18)7-12(13,14)15/h8-10H,3-7H2,1-2H3,(H,17,18). The summed E-state index contributed by atoms with van der Waals surface area (Å²) >= 11 is 0. The van der Waals surface area contributed by atoms with Gasteiger partial charge in [-0.3, -0.25) is 9.69 Å². The Morgan fingerprint density at radius 2 is 1.94 bits per heavy atom. The molecule has 0 amide bonds. The summed E-state index contributed by atoms with van der Waals surface area (Å²) in [5.74, 6) is -0.765. The van der Waals surface area contributed by atoms with Gasteiger partial charge in [0.1, 0.15) is 0 Å². The van der Waals surface area contributed by atoms with Crippen LogP contribution >= 0.6 is 0 Å². The zero-order valence-electron chi connectivity index (χ0n) is 10.7. The number of carbonyl (C=O) groups is 1. The molecule has 3 nitrogen and oxygen atoms in total. The van der Waals surface area contributed by atoms with Crippen LogP contribution < -0.4 is 0 Å². The van der Waals surface area contributed by atoms with Gasteiger partial charge in [0.15, 0.2) is 0 Å². The first-order valence-electron chi connectivity index (χ1n) is 6.23. The zero-order chi connectivity index (χ0) is 13.9. The number of alkyl halides is 3. The van der Waals surface area contributed by atoms with Gasteiger partial charge in [0.05, 0.1) is 13.1 Å². The molecular weight excluding hydrogens is 247 g/mol. The monoisotopic (exact) mass is 267 g/mol. The molecule has 1 N–H and O–H groups in total. The van der Waals surface area contributed by atoms with Crippen molar-refractivity contribution < 1.29 is 23.1 Å². The molecule has 0 spiro atoms. The second-order valence-electron chi connectivity index (χ2n) is 5.25. The normalized spacial score (nSPS) is 29.6. The Hall–Kier alpha value is -0.780. The largest absolute Gasteiger partial charge is 0.480 e. The van der Waals surface area contributed by atoms with Gasteiger partial charge in [-0.2, -0.15) is 13.2 Å². The number of nitrogens with zero attached hydrogens (tertiary/aromatic N) is 1. The highest BCUT2D eigenvalue weighted by Crippen LogP contribution is 2.34. The van der Waals surface area contributed by atoms with E-state index in [9.17, 15) is 18.0 Å². The molecular formula is C12H20F3NO2. The highest BCUT2D eigenvalue weighted by atomic mass is 19.4. The number of carboxylic acids is 1. The molecule has 1 rings (SSSR count). The molecule has 0 radical (unpaired) electrons. The minimum atomic E-state index is -4.35. The second-order valence-corrected chi connectivity index (χ2v) is 5.25. The van der Waals surface area contributed by atoms with Gasteiger partial charge in [0.2, 0.25) is 0 Å². The first-order valence-corrected chi connectivity index (χ1v) is 6.23. The molecule has 3 atom stereocenters. The molecule has 0 heterocycles. The molecule has 1 aliphatic carbocycles. The van der Waals surface area contributed by atoms with E-state index in [1.165, 1.54) is 0 Å². The van der Waals surface area contributed by atoms with Crippen molar-refractivity contribution in [3.05, 3.63) is 0 Å². The van der Waals surface area contributed by atoms with Crippen LogP contribution in [0.5, 0.6) is 0 Å². The van der Waals surface area contributed by atoms with Crippen molar-refractivity contribution in [3.8, 4) is 0 Å². The van der Waals surface area contributed by atoms with Gasteiger partial charge in [-0.05, 0) is 18.3 Å². The quantitative estimate of drug-likeness (QED) is 0.851. The Morgan fingerprint density at radius 3 is 2.44 bits per heavy atom. The fourth-order valence-electron chi connectivity index (χ4n) is 2.76. The molecule has 0 aromatic carbocycles. The Morgan fingerprint density at radius 1 is 1.33 bits per heavy atom. The summed E-state index contributed by atoms with van der Waals surface area (Å²) in [5.41, 5.74) is 0. The lowest BCUT2D eigenvalue weighted by Crippen LogP contribution is -2.49. The summed E-state index contributed by atoms with van der Waals surface area (Å²) in [6.07, 6.45) is -1.83. The predicted molar refractivity (Wildman–Crippen MR) is 61.2 cm³/mol. The summed E-state index contributed by atoms with van der Waals surface area (Å²) < 4.78 is 37.5. The molecule has 3 unspecified atom stereocenters. The van der Waals surface area contributed by atoms with E-state index >= 15 is 0 Å². The molecule has 0 aliphatic heterocycles. The molecule has 1 saturated carbocycles. The second kappa shape index (κ2) is 5.91. The lowest BCUT2D eigenvalue weighted by atomic mass is 9.77. The van der Waals surface area contributed by atoms with Gasteiger partial charge < -0.3 is 5.11 Å². The third kappa shape index (κ3) is 4.48. The first kappa shape index (κ1) is 15.3. The molecule has 0 bridgehead atoms. The SMILES string of the molecule is CC1CCCC(N(CC(=O)O)CC(F)(F)F)C1C. The number of aliphatic carboxylic acids is 1. The van der Waals surface area contributed by atoms with Crippen LogP contribution in [0.2, 0.25) is 0 Å². The maximum atomic E-state index is 12.5. The van der Waals surface area contributed by atoms with E-state index in [4.69, 9.17) is 5.11 Å². The predicted octanol–water partition coefficient (Wildman–Crippen LogP) is 2.76. The van der Waals surface area contributed by atoms with Crippen LogP contribution in [0.3, 0.4) is 0 Å². The highest BCUT2D eigenvalue weighted by Gasteiger charge is 2.38. The number of carboxylic acid groups (broad SMARTS) is 1. The fraction of sp³-hybridized carbons (Fsp3) is 0.917. The van der Waals surface area contributed by atoms with Gasteiger partial charge in [-0.1, -0.05) is 26.7 Å². The fourth-order valence-corrected chi connectivity index (χ4v) is 2.76. The lowest BCUT2D eigenvalue weighted by molar-refractivity contribution is -0.162. The Labute approximate surface area is 105 Å². The lowest BCUT2D eigenvalue weighted by Gasteiger charge is -2.41. The number of hydrogen-bond donors (Lipinski definition) is 1. The number of halogens is 3. The van der Waals surface area contributed by atoms with Crippen molar-refractivity contribution in [3.63, 3.8) is 0 Å². The van der Waals surface area contributed by atoms with E-state index in [1.807, 2.05) is 13.8 Å². The highest BCUT2D eigenvalue weighted by molar-refractivity contribution is 5.69. The summed E-state index contributed by atoms with van der Waals surface area (Å²) in [6.45, 7) is 2.26. The van der Waals surface area contributed by atoms with Gasteiger partial charge in [-0.15, -0.1) is 0 Å². The average Bonchev–Trinajstić information content (AvgIpc) is 2.18. The Bertz CT molecular complexity index is 294. The van der Waals surface area contributed by atoms with Crippen molar-refractivity contribution in [1.29, 1.82) is 0 Å². The van der Waals surface area contributed by atoms with Gasteiger partial charge in [-0.25, -0.2) is 0 Å². The molecule has 0 aromatic heterocycles. The first-order chi connectivity index (χ1) is 8.20. The van der Waals surface area contributed by atoms with Gasteiger partial charge in [0, 0.05) is 6.04 Å². The van der Waals surface area contributed by atoms with Gasteiger partial charge >= 0.3 is 12.1 Å². The average molecular weight is 267 g/mol. The van der Waals surface area contributed by atoms with E-state index < -0.39 is 25.2 Å². The van der Waals surface area contributed by atoms with E-state index in [0.717, 1.165) is 17.7 Å². The molecule has 1 aliphatic rings. The van der Waals surface area contributed by atoms with Crippen LogP contribution in [-0.4, -0.2) is 41.3 Å². The summed E-state index contributed by atoms with van der Waals surface area (Å²) in [6, 6.07) is -0.286. The van der Waals surface area contributed by atoms with Crippen molar-refractivity contribution in [2.45, 2.75) is 45.3 Å². The topological polar surface area (TPSA) is 40.5 Å². The maximum Gasteiger partial charge on any atom is 0.401 e. The smallest absolute Gasteiger partial charge is 0.401 e. The van der Waals surface area contributed by atoms with Crippen LogP contribution in [0, 0.1) is 11.8 Å². The molecule has 1 fully saturated rings. The molecule has 18 heavy (non-hydrogen) atoms. The van der Waals surface area contributed by atoms with Crippen LogP contribution in [0.1, 0.15) is 33.1 Å². The van der Waals surface area contributed by atoms with Crippen molar-refractivity contribution in [1.82, 2.24) is 4.90 Å².